The predicted octanol–water partition coefficient (Wildman–Crippen LogP) is 3.11. The van der Waals surface area contributed by atoms with E-state index in [2.05, 4.69) is 25.8 Å². The van der Waals surface area contributed by atoms with Crippen LogP contribution in [0, 0.1) is 18.7 Å². The molecule has 31 heavy (non-hydrogen) atoms. The third kappa shape index (κ3) is 7.60. The molecule has 8 nitrogen and oxygen atoms in total. The van der Waals surface area contributed by atoms with Crippen molar-refractivity contribution in [2.75, 3.05) is 26.9 Å². The fourth-order valence-corrected chi connectivity index (χ4v) is 2.85. The van der Waals surface area contributed by atoms with Gasteiger partial charge in [-0.3, -0.25) is 0 Å². The molecule has 2 aromatic rings. The summed E-state index contributed by atoms with van der Waals surface area (Å²) in [7, 11) is 3.55. The topological polar surface area (TPSA) is 85.6 Å². The number of hydrogen-bond acceptors (Lipinski definition) is 5. The molecule has 3 rings (SSSR count). The largest absolute Gasteiger partial charge is 0.490 e. The minimum atomic E-state index is -0.345. The molecule has 0 amide bonds. The molecule has 0 saturated heterocycles. The summed E-state index contributed by atoms with van der Waals surface area (Å²) in [5.74, 6) is 2.73. The van der Waals surface area contributed by atoms with Crippen LogP contribution < -0.4 is 15.4 Å². The normalized spacial score (nSPS) is 14.7. The number of nitrogens with zero attached hydrogens (tertiary/aromatic N) is 4. The van der Waals surface area contributed by atoms with Crippen LogP contribution in [0.25, 0.3) is 0 Å². The number of halogens is 2. The first-order chi connectivity index (χ1) is 14.5. The van der Waals surface area contributed by atoms with Gasteiger partial charge in [0.05, 0.1) is 19.3 Å². The van der Waals surface area contributed by atoms with E-state index < -0.39 is 0 Å². The van der Waals surface area contributed by atoms with E-state index in [4.69, 9.17) is 9.47 Å². The lowest BCUT2D eigenvalue weighted by Gasteiger charge is -2.19. The Hall–Kier alpha value is -1.95. The summed E-state index contributed by atoms with van der Waals surface area (Å²) in [5.41, 5.74) is 0.807. The minimum absolute atomic E-state index is 0. The van der Waals surface area contributed by atoms with Gasteiger partial charge in [0.25, 0.3) is 0 Å². The number of benzene rings is 1. The van der Waals surface area contributed by atoms with E-state index in [1.54, 1.807) is 13.2 Å². The quantitative estimate of drug-likeness (QED) is 0.206. The summed E-state index contributed by atoms with van der Waals surface area (Å²) in [4.78, 5) is 4.60. The average molecular weight is 546 g/mol. The van der Waals surface area contributed by atoms with Crippen LogP contribution in [-0.4, -0.2) is 47.6 Å². The molecule has 0 spiro atoms. The molecular weight excluding hydrogens is 514 g/mol. The maximum Gasteiger partial charge on any atom is 0.192 e. The second kappa shape index (κ2) is 12.2. The van der Waals surface area contributed by atoms with Gasteiger partial charge in [-0.25, -0.2) is 9.38 Å². The van der Waals surface area contributed by atoms with Crippen molar-refractivity contribution in [1.82, 2.24) is 25.4 Å². The first kappa shape index (κ1) is 25.3. The second-order valence-electron chi connectivity index (χ2n) is 7.62. The highest BCUT2D eigenvalue weighted by Gasteiger charge is 2.22. The van der Waals surface area contributed by atoms with Gasteiger partial charge in [-0.1, -0.05) is 6.07 Å². The van der Waals surface area contributed by atoms with Gasteiger partial charge in [0.2, 0.25) is 0 Å². The zero-order chi connectivity index (χ0) is 21.5. The Labute approximate surface area is 200 Å². The molecule has 1 saturated carbocycles. The van der Waals surface area contributed by atoms with Crippen molar-refractivity contribution >= 4 is 29.9 Å². The fraction of sp³-hybridized carbons (Fsp3) is 0.571. The third-order valence-corrected chi connectivity index (χ3v) is 5.14. The smallest absolute Gasteiger partial charge is 0.192 e. The van der Waals surface area contributed by atoms with E-state index in [9.17, 15) is 4.39 Å². The van der Waals surface area contributed by atoms with Crippen molar-refractivity contribution in [2.24, 2.45) is 18.0 Å². The van der Waals surface area contributed by atoms with Crippen molar-refractivity contribution < 1.29 is 13.9 Å². The lowest BCUT2D eigenvalue weighted by atomic mass is 10.1. The lowest BCUT2D eigenvalue weighted by molar-refractivity contribution is 0.203. The molecule has 1 unspecified atom stereocenters. The van der Waals surface area contributed by atoms with Crippen molar-refractivity contribution in [3.05, 3.63) is 41.2 Å². The highest BCUT2D eigenvalue weighted by atomic mass is 127. The van der Waals surface area contributed by atoms with Crippen molar-refractivity contribution in [3.8, 4) is 5.75 Å². The standard InChI is InChI=1S/C21H31FN6O2.HI/c1-14(17-7-8-19(18(22)11-17)30-13-16-5-6-16)25-21(23-9-10-29-4)24-12-20-27-26-15(2)28(20)3;/h7-8,11,14,16H,5-6,9-10,12-13H2,1-4H3,(H2,23,24,25);1H. The van der Waals surface area contributed by atoms with Gasteiger partial charge in [0.15, 0.2) is 23.4 Å². The van der Waals surface area contributed by atoms with E-state index in [0.717, 1.165) is 17.2 Å². The van der Waals surface area contributed by atoms with Gasteiger partial charge in [0, 0.05) is 20.7 Å². The van der Waals surface area contributed by atoms with E-state index >= 15 is 0 Å². The molecule has 172 valence electrons. The number of aliphatic imine (C=N–C) groups is 1. The lowest BCUT2D eigenvalue weighted by Crippen LogP contribution is -2.40. The Bertz CT molecular complexity index is 872. The van der Waals surface area contributed by atoms with Crippen LogP contribution in [0.5, 0.6) is 5.75 Å². The van der Waals surface area contributed by atoms with Crippen molar-refractivity contribution in [2.45, 2.75) is 39.3 Å². The van der Waals surface area contributed by atoms with Gasteiger partial charge in [0.1, 0.15) is 12.4 Å². The molecule has 1 aromatic carbocycles. The number of hydrogen-bond donors (Lipinski definition) is 2. The Balaban J connectivity index is 0.00000341. The number of ether oxygens (including phenoxy) is 2. The Morgan fingerprint density at radius 1 is 1.35 bits per heavy atom. The maximum absolute atomic E-state index is 14.5. The van der Waals surface area contributed by atoms with Crippen LogP contribution in [0.3, 0.4) is 0 Å². The number of methoxy groups -OCH3 is 1. The van der Waals surface area contributed by atoms with Crippen LogP contribution in [0.15, 0.2) is 23.2 Å². The van der Waals surface area contributed by atoms with E-state index in [1.807, 2.05) is 31.5 Å². The summed E-state index contributed by atoms with van der Waals surface area (Å²) in [6, 6.07) is 4.93. The Kier molecular flexibility index (Phi) is 9.94. The average Bonchev–Trinajstić information content (AvgIpc) is 3.51. The molecule has 1 aliphatic rings. The monoisotopic (exact) mass is 546 g/mol. The highest BCUT2D eigenvalue weighted by molar-refractivity contribution is 14.0. The van der Waals surface area contributed by atoms with Gasteiger partial charge in [-0.05, 0) is 50.3 Å². The minimum Gasteiger partial charge on any atom is -0.490 e. The molecule has 1 atom stereocenters. The van der Waals surface area contributed by atoms with Crippen LogP contribution in [-0.2, 0) is 18.3 Å². The molecule has 0 bridgehead atoms. The molecule has 1 heterocycles. The molecule has 1 aliphatic carbocycles. The summed E-state index contributed by atoms with van der Waals surface area (Å²) < 4.78 is 27.0. The van der Waals surface area contributed by atoms with Crippen molar-refractivity contribution in [3.63, 3.8) is 0 Å². The number of guanidine groups is 1. The van der Waals surface area contributed by atoms with Gasteiger partial charge >= 0.3 is 0 Å². The van der Waals surface area contributed by atoms with Crippen LogP contribution >= 0.6 is 24.0 Å². The van der Waals surface area contributed by atoms with Crippen LogP contribution in [0.1, 0.15) is 43.0 Å². The van der Waals surface area contributed by atoms with E-state index in [-0.39, 0.29) is 35.8 Å². The zero-order valence-corrected chi connectivity index (χ0v) is 20.9. The second-order valence-corrected chi connectivity index (χ2v) is 7.62. The summed E-state index contributed by atoms with van der Waals surface area (Å²) in [6.07, 6.45) is 2.35. The van der Waals surface area contributed by atoms with E-state index in [0.29, 0.717) is 43.9 Å². The van der Waals surface area contributed by atoms with Crippen LogP contribution in [0.2, 0.25) is 0 Å². The number of rotatable bonds is 10. The van der Waals surface area contributed by atoms with E-state index in [1.165, 1.54) is 18.9 Å². The molecular formula is C21H32FIN6O2. The maximum atomic E-state index is 14.5. The van der Waals surface area contributed by atoms with Gasteiger partial charge < -0.3 is 24.7 Å². The SMILES string of the molecule is COCCNC(=NCc1nnc(C)n1C)NC(C)c1ccc(OCC2CC2)c(F)c1.I. The molecule has 1 aromatic heterocycles. The summed E-state index contributed by atoms with van der Waals surface area (Å²) in [6.45, 7) is 5.94. The van der Waals surface area contributed by atoms with Gasteiger partial charge in [-0.15, -0.1) is 34.2 Å². The van der Waals surface area contributed by atoms with Gasteiger partial charge in [-0.2, -0.15) is 0 Å². The Morgan fingerprint density at radius 2 is 2.13 bits per heavy atom. The Morgan fingerprint density at radius 3 is 2.74 bits per heavy atom. The van der Waals surface area contributed by atoms with Crippen molar-refractivity contribution in [1.29, 1.82) is 0 Å². The first-order valence-corrected chi connectivity index (χ1v) is 10.3. The third-order valence-electron chi connectivity index (χ3n) is 5.14. The molecule has 10 heteroatoms. The number of nitrogens with one attached hydrogen (secondary N) is 2. The molecule has 0 aliphatic heterocycles. The molecule has 1 fully saturated rings. The fourth-order valence-electron chi connectivity index (χ4n) is 2.85. The number of aryl methyl sites for hydroxylation is 1. The molecule has 0 radical (unpaired) electrons. The highest BCUT2D eigenvalue weighted by Crippen LogP contribution is 2.30. The first-order valence-electron chi connectivity index (χ1n) is 10.3. The summed E-state index contributed by atoms with van der Waals surface area (Å²) in [5, 5.41) is 14.7. The molecule has 2 N–H and O–H groups in total. The van der Waals surface area contributed by atoms with Crippen LogP contribution in [0.4, 0.5) is 4.39 Å². The summed E-state index contributed by atoms with van der Waals surface area (Å²) >= 11 is 0. The predicted molar refractivity (Wildman–Crippen MR) is 128 cm³/mol. The number of aromatic nitrogens is 3. The zero-order valence-electron chi connectivity index (χ0n) is 18.5.